The number of ether oxygens (including phenoxy) is 1. The van der Waals surface area contributed by atoms with Gasteiger partial charge in [0.15, 0.2) is 5.13 Å². The molecule has 2 atom stereocenters. The third-order valence-corrected chi connectivity index (χ3v) is 9.20. The number of carbonyl (C=O) groups excluding carboxylic acids is 3. The fraction of sp³-hybridized carbons (Fsp3) is 0.250. The molecule has 4 aromatic rings. The predicted molar refractivity (Wildman–Crippen MR) is 165 cm³/mol. The Labute approximate surface area is 252 Å². The molecule has 10 heteroatoms. The number of benzene rings is 3. The average Bonchev–Trinajstić information content (AvgIpc) is 3.54. The van der Waals surface area contributed by atoms with Crippen LogP contribution in [-0.2, 0) is 22.6 Å². The summed E-state index contributed by atoms with van der Waals surface area (Å²) in [5.74, 6) is 0.0803. The molecule has 214 valence electrons. The van der Waals surface area contributed by atoms with E-state index in [1.165, 1.54) is 11.3 Å². The normalized spacial score (nSPS) is 18.0. The molecule has 2 N–H and O–H groups in total. The number of anilines is 1. The largest absolute Gasteiger partial charge is 0.445 e. The summed E-state index contributed by atoms with van der Waals surface area (Å²) in [4.78, 5) is 45.4. The van der Waals surface area contributed by atoms with E-state index in [4.69, 9.17) is 4.74 Å². The SMILES string of the molecule is O=C(NC1CC1)c1ccc(-c2csc(NC(=O)[C@@H]3CSC(Cc4ccccc4)N3C(=O)OCc3ccccc3)n2)cc1. The lowest BCUT2D eigenvalue weighted by Gasteiger charge is -2.28. The van der Waals surface area contributed by atoms with Crippen molar-refractivity contribution in [2.45, 2.75) is 43.3 Å². The van der Waals surface area contributed by atoms with E-state index < -0.39 is 12.1 Å². The zero-order valence-corrected chi connectivity index (χ0v) is 24.4. The van der Waals surface area contributed by atoms with E-state index in [1.807, 2.05) is 78.2 Å². The molecule has 8 nitrogen and oxygen atoms in total. The Bertz CT molecular complexity index is 1540. The molecule has 1 unspecified atom stereocenters. The Balaban J connectivity index is 1.13. The van der Waals surface area contributed by atoms with E-state index in [9.17, 15) is 14.4 Å². The van der Waals surface area contributed by atoms with Crippen molar-refractivity contribution in [2.75, 3.05) is 11.1 Å². The minimum absolute atomic E-state index is 0.0675. The van der Waals surface area contributed by atoms with Crippen LogP contribution in [0.4, 0.5) is 9.93 Å². The highest BCUT2D eigenvalue weighted by Gasteiger charge is 2.42. The minimum atomic E-state index is -0.705. The van der Waals surface area contributed by atoms with Gasteiger partial charge in [-0.05, 0) is 36.1 Å². The first-order chi connectivity index (χ1) is 20.5. The summed E-state index contributed by atoms with van der Waals surface area (Å²) in [6, 6.07) is 26.3. The van der Waals surface area contributed by atoms with Crippen LogP contribution >= 0.6 is 23.1 Å². The fourth-order valence-corrected chi connectivity index (χ4v) is 6.86. The van der Waals surface area contributed by atoms with E-state index in [0.29, 0.717) is 34.6 Å². The van der Waals surface area contributed by atoms with Gasteiger partial charge < -0.3 is 15.4 Å². The molecule has 2 heterocycles. The van der Waals surface area contributed by atoms with Crippen molar-refractivity contribution in [3.63, 3.8) is 0 Å². The molecule has 6 rings (SSSR count). The van der Waals surface area contributed by atoms with Crippen molar-refractivity contribution >= 4 is 46.1 Å². The zero-order valence-electron chi connectivity index (χ0n) is 22.8. The van der Waals surface area contributed by atoms with Gasteiger partial charge in [-0.15, -0.1) is 23.1 Å². The van der Waals surface area contributed by atoms with Gasteiger partial charge in [0.2, 0.25) is 5.91 Å². The van der Waals surface area contributed by atoms with Gasteiger partial charge in [-0.2, -0.15) is 0 Å². The molecular weight excluding hydrogens is 569 g/mol. The van der Waals surface area contributed by atoms with E-state index >= 15 is 0 Å². The van der Waals surface area contributed by atoms with Crippen LogP contribution in [0.5, 0.6) is 0 Å². The summed E-state index contributed by atoms with van der Waals surface area (Å²) in [6.45, 7) is 0.129. The number of carbonyl (C=O) groups is 3. The first-order valence-corrected chi connectivity index (χ1v) is 15.8. The zero-order chi connectivity index (χ0) is 28.9. The first-order valence-electron chi connectivity index (χ1n) is 13.9. The van der Waals surface area contributed by atoms with Crippen LogP contribution in [0.1, 0.15) is 34.3 Å². The average molecular weight is 599 g/mol. The first kappa shape index (κ1) is 28.0. The van der Waals surface area contributed by atoms with Gasteiger partial charge >= 0.3 is 6.09 Å². The summed E-state index contributed by atoms with van der Waals surface area (Å²) < 4.78 is 5.68. The number of rotatable bonds is 9. The molecule has 1 saturated carbocycles. The molecule has 1 aromatic heterocycles. The standard InChI is InChI=1S/C32H30N4O4S2/c37-29(33-25-15-16-25)24-13-11-23(12-14-24)26-19-42-31(34-26)35-30(38)27-20-41-28(17-21-7-3-1-4-8-21)36(27)32(39)40-18-22-9-5-2-6-10-22/h1-14,19,25,27-28H,15-18,20H2,(H,33,37)(H,34,35,38)/t27-,28?/m0/s1. The van der Waals surface area contributed by atoms with Gasteiger partial charge in [0.1, 0.15) is 12.6 Å². The highest BCUT2D eigenvalue weighted by Crippen LogP contribution is 2.34. The topological polar surface area (TPSA) is 101 Å². The Morgan fingerprint density at radius 1 is 0.905 bits per heavy atom. The molecule has 0 bridgehead atoms. The van der Waals surface area contributed by atoms with E-state index in [-0.39, 0.29) is 23.8 Å². The Hall–Kier alpha value is -4.15. The van der Waals surface area contributed by atoms with Crippen molar-refractivity contribution in [3.8, 4) is 11.3 Å². The molecule has 42 heavy (non-hydrogen) atoms. The molecule has 0 spiro atoms. The summed E-state index contributed by atoms with van der Waals surface area (Å²) in [7, 11) is 0. The summed E-state index contributed by atoms with van der Waals surface area (Å²) in [5.41, 5.74) is 4.12. The number of hydrogen-bond donors (Lipinski definition) is 2. The lowest BCUT2D eigenvalue weighted by molar-refractivity contribution is -0.120. The molecular formula is C32H30N4O4S2. The predicted octanol–water partition coefficient (Wildman–Crippen LogP) is 5.96. The third-order valence-electron chi connectivity index (χ3n) is 7.15. The van der Waals surface area contributed by atoms with Crippen LogP contribution in [0, 0.1) is 0 Å². The lowest BCUT2D eigenvalue weighted by Crippen LogP contribution is -2.48. The van der Waals surface area contributed by atoms with Gasteiger partial charge in [-0.3, -0.25) is 14.5 Å². The molecule has 3 amide bonds. The van der Waals surface area contributed by atoms with E-state index in [1.54, 1.807) is 28.8 Å². The van der Waals surface area contributed by atoms with Crippen molar-refractivity contribution in [1.82, 2.24) is 15.2 Å². The van der Waals surface area contributed by atoms with Gasteiger partial charge in [0, 0.05) is 34.7 Å². The number of amides is 3. The van der Waals surface area contributed by atoms with Crippen LogP contribution in [0.25, 0.3) is 11.3 Å². The van der Waals surface area contributed by atoms with Crippen molar-refractivity contribution in [3.05, 3.63) is 107 Å². The molecule has 1 aliphatic carbocycles. The molecule has 2 fully saturated rings. The number of hydrogen-bond acceptors (Lipinski definition) is 7. The van der Waals surface area contributed by atoms with Gasteiger partial charge in [0.25, 0.3) is 5.91 Å². The summed E-state index contributed by atoms with van der Waals surface area (Å²) in [6.07, 6.45) is 2.16. The molecule has 2 aliphatic rings. The van der Waals surface area contributed by atoms with Gasteiger partial charge in [-0.25, -0.2) is 9.78 Å². The van der Waals surface area contributed by atoms with Crippen molar-refractivity contribution in [2.24, 2.45) is 0 Å². The molecule has 1 saturated heterocycles. The molecule has 1 aliphatic heterocycles. The second kappa shape index (κ2) is 12.8. The highest BCUT2D eigenvalue weighted by molar-refractivity contribution is 8.00. The van der Waals surface area contributed by atoms with Crippen molar-refractivity contribution in [1.29, 1.82) is 0 Å². The number of nitrogens with zero attached hydrogens (tertiary/aromatic N) is 2. The maximum atomic E-state index is 13.5. The monoisotopic (exact) mass is 598 g/mol. The fourth-order valence-electron chi connectivity index (χ4n) is 4.72. The van der Waals surface area contributed by atoms with Crippen LogP contribution in [0.2, 0.25) is 0 Å². The molecule has 3 aromatic carbocycles. The molecule has 0 radical (unpaired) electrons. The number of aromatic nitrogens is 1. The number of nitrogens with one attached hydrogen (secondary N) is 2. The Morgan fingerprint density at radius 2 is 1.60 bits per heavy atom. The number of thioether (sulfide) groups is 1. The van der Waals surface area contributed by atoms with Crippen molar-refractivity contribution < 1.29 is 19.1 Å². The highest BCUT2D eigenvalue weighted by atomic mass is 32.2. The summed E-state index contributed by atoms with van der Waals surface area (Å²) in [5, 5.41) is 7.97. The van der Waals surface area contributed by atoms with Crippen LogP contribution in [0.15, 0.2) is 90.3 Å². The Kier molecular flexibility index (Phi) is 8.52. The van der Waals surface area contributed by atoms with Crippen LogP contribution in [0.3, 0.4) is 0 Å². The Morgan fingerprint density at radius 3 is 2.29 bits per heavy atom. The number of thiazole rings is 1. The quantitative estimate of drug-likeness (QED) is 0.247. The minimum Gasteiger partial charge on any atom is -0.445 e. The third kappa shape index (κ3) is 6.83. The second-order valence-electron chi connectivity index (χ2n) is 10.3. The smallest absolute Gasteiger partial charge is 0.411 e. The van der Waals surface area contributed by atoms with Gasteiger partial charge in [0.05, 0.1) is 11.1 Å². The van der Waals surface area contributed by atoms with E-state index in [0.717, 1.165) is 29.5 Å². The second-order valence-corrected chi connectivity index (χ2v) is 12.4. The summed E-state index contributed by atoms with van der Waals surface area (Å²) >= 11 is 2.89. The van der Waals surface area contributed by atoms with E-state index in [2.05, 4.69) is 15.6 Å². The maximum Gasteiger partial charge on any atom is 0.411 e. The van der Waals surface area contributed by atoms with Gasteiger partial charge in [-0.1, -0.05) is 72.8 Å². The van der Waals surface area contributed by atoms with Crippen LogP contribution < -0.4 is 10.6 Å². The lowest BCUT2D eigenvalue weighted by atomic mass is 10.1. The maximum absolute atomic E-state index is 13.5. The van der Waals surface area contributed by atoms with Crippen LogP contribution in [-0.4, -0.2) is 51.0 Å².